The lowest BCUT2D eigenvalue weighted by atomic mass is 10.2. The SMILES string of the molecule is Cc1ccc(SCCNCC2CCCO2)cc1.Cl. The number of hydrogen-bond acceptors (Lipinski definition) is 3. The summed E-state index contributed by atoms with van der Waals surface area (Å²) in [5, 5.41) is 3.46. The van der Waals surface area contributed by atoms with Gasteiger partial charge in [0.25, 0.3) is 0 Å². The molecule has 1 aliphatic heterocycles. The Morgan fingerprint density at radius 3 is 2.78 bits per heavy atom. The average molecular weight is 288 g/mol. The molecule has 102 valence electrons. The van der Waals surface area contributed by atoms with Crippen molar-refractivity contribution >= 4 is 24.2 Å². The Hall–Kier alpha value is -0.220. The van der Waals surface area contributed by atoms with Crippen molar-refractivity contribution in [2.45, 2.75) is 30.8 Å². The summed E-state index contributed by atoms with van der Waals surface area (Å²) in [5.74, 6) is 1.12. The highest BCUT2D eigenvalue weighted by Crippen LogP contribution is 2.17. The van der Waals surface area contributed by atoms with Crippen molar-refractivity contribution in [3.63, 3.8) is 0 Å². The molecule has 0 bridgehead atoms. The lowest BCUT2D eigenvalue weighted by Gasteiger charge is -2.10. The lowest BCUT2D eigenvalue weighted by Crippen LogP contribution is -2.27. The molecular weight excluding hydrogens is 266 g/mol. The standard InChI is InChI=1S/C14H21NOS.ClH/c1-12-4-6-14(7-5-12)17-10-8-15-11-13-3-2-9-16-13;/h4-7,13,15H,2-3,8-11H2,1H3;1H. The molecule has 1 fully saturated rings. The first-order valence-corrected chi connectivity index (χ1v) is 7.35. The molecular formula is C14H22ClNOS. The van der Waals surface area contributed by atoms with E-state index in [9.17, 15) is 0 Å². The maximum Gasteiger partial charge on any atom is 0.0700 e. The molecule has 0 aromatic heterocycles. The minimum atomic E-state index is 0. The summed E-state index contributed by atoms with van der Waals surface area (Å²) in [6.45, 7) is 5.13. The van der Waals surface area contributed by atoms with E-state index in [1.807, 2.05) is 11.8 Å². The summed E-state index contributed by atoms with van der Waals surface area (Å²) < 4.78 is 5.56. The van der Waals surface area contributed by atoms with E-state index in [0.29, 0.717) is 6.10 Å². The van der Waals surface area contributed by atoms with Gasteiger partial charge in [0.1, 0.15) is 0 Å². The highest BCUT2D eigenvalue weighted by molar-refractivity contribution is 7.99. The van der Waals surface area contributed by atoms with Crippen LogP contribution < -0.4 is 5.32 Å². The van der Waals surface area contributed by atoms with E-state index in [4.69, 9.17) is 4.74 Å². The highest BCUT2D eigenvalue weighted by Gasteiger charge is 2.13. The molecule has 1 unspecified atom stereocenters. The second-order valence-electron chi connectivity index (χ2n) is 4.50. The van der Waals surface area contributed by atoms with Crippen LogP contribution in [-0.4, -0.2) is 31.6 Å². The molecule has 2 rings (SSSR count). The van der Waals surface area contributed by atoms with Gasteiger partial charge >= 0.3 is 0 Å². The molecule has 1 N–H and O–H groups in total. The molecule has 1 aliphatic rings. The Morgan fingerprint density at radius 1 is 1.33 bits per heavy atom. The monoisotopic (exact) mass is 287 g/mol. The summed E-state index contributed by atoms with van der Waals surface area (Å²) in [5.41, 5.74) is 1.32. The molecule has 1 aromatic rings. The molecule has 1 saturated heterocycles. The zero-order valence-electron chi connectivity index (χ0n) is 10.9. The van der Waals surface area contributed by atoms with Crippen molar-refractivity contribution in [2.75, 3.05) is 25.4 Å². The van der Waals surface area contributed by atoms with Gasteiger partial charge in [0.05, 0.1) is 6.10 Å². The second kappa shape index (κ2) is 8.81. The smallest absolute Gasteiger partial charge is 0.0700 e. The molecule has 0 saturated carbocycles. The summed E-state index contributed by atoms with van der Waals surface area (Å²) >= 11 is 1.91. The number of benzene rings is 1. The third-order valence-corrected chi connectivity index (χ3v) is 3.98. The molecule has 1 heterocycles. The maximum atomic E-state index is 5.56. The van der Waals surface area contributed by atoms with E-state index in [0.717, 1.165) is 25.4 Å². The number of aryl methyl sites for hydroxylation is 1. The predicted molar refractivity (Wildman–Crippen MR) is 81.0 cm³/mol. The van der Waals surface area contributed by atoms with Crippen LogP contribution in [0.3, 0.4) is 0 Å². The van der Waals surface area contributed by atoms with Gasteiger partial charge in [0.2, 0.25) is 0 Å². The number of thioether (sulfide) groups is 1. The normalized spacial score (nSPS) is 18.6. The fourth-order valence-corrected chi connectivity index (χ4v) is 2.75. The molecule has 0 amide bonds. The van der Waals surface area contributed by atoms with Crippen molar-refractivity contribution in [1.29, 1.82) is 0 Å². The van der Waals surface area contributed by atoms with Crippen LogP contribution in [0.15, 0.2) is 29.2 Å². The van der Waals surface area contributed by atoms with Crippen LogP contribution in [-0.2, 0) is 4.74 Å². The Kier molecular flexibility index (Phi) is 7.75. The van der Waals surface area contributed by atoms with Crippen LogP contribution in [0.25, 0.3) is 0 Å². The van der Waals surface area contributed by atoms with Crippen LogP contribution in [0.2, 0.25) is 0 Å². The first-order valence-electron chi connectivity index (χ1n) is 6.36. The number of hydrogen-bond donors (Lipinski definition) is 1. The van der Waals surface area contributed by atoms with Gasteiger partial charge in [-0.25, -0.2) is 0 Å². The first-order chi connectivity index (χ1) is 8.34. The quantitative estimate of drug-likeness (QED) is 0.641. The van der Waals surface area contributed by atoms with E-state index in [1.165, 1.54) is 23.3 Å². The van der Waals surface area contributed by atoms with Crippen LogP contribution in [0.5, 0.6) is 0 Å². The molecule has 18 heavy (non-hydrogen) atoms. The van der Waals surface area contributed by atoms with Gasteiger partial charge in [-0.2, -0.15) is 0 Å². The van der Waals surface area contributed by atoms with Gasteiger partial charge in [-0.05, 0) is 31.9 Å². The first kappa shape index (κ1) is 15.8. The van der Waals surface area contributed by atoms with Gasteiger partial charge in [-0.15, -0.1) is 24.2 Å². The molecule has 1 atom stereocenters. The molecule has 0 aliphatic carbocycles. The van der Waals surface area contributed by atoms with E-state index >= 15 is 0 Å². The number of halogens is 1. The van der Waals surface area contributed by atoms with Crippen molar-refractivity contribution in [1.82, 2.24) is 5.32 Å². The number of ether oxygens (including phenoxy) is 1. The third-order valence-electron chi connectivity index (χ3n) is 2.96. The maximum absolute atomic E-state index is 5.56. The van der Waals surface area contributed by atoms with Crippen LogP contribution in [0, 0.1) is 6.92 Å². The Morgan fingerprint density at radius 2 is 2.11 bits per heavy atom. The van der Waals surface area contributed by atoms with E-state index in [1.54, 1.807) is 0 Å². The van der Waals surface area contributed by atoms with Gasteiger partial charge in [0.15, 0.2) is 0 Å². The predicted octanol–water partition coefficient (Wildman–Crippen LogP) is 3.28. The van der Waals surface area contributed by atoms with Gasteiger partial charge in [0, 0.05) is 30.3 Å². The number of rotatable bonds is 6. The van der Waals surface area contributed by atoms with Crippen molar-refractivity contribution in [3.05, 3.63) is 29.8 Å². The highest BCUT2D eigenvalue weighted by atomic mass is 35.5. The molecule has 0 spiro atoms. The molecule has 1 aromatic carbocycles. The van der Waals surface area contributed by atoms with Crippen molar-refractivity contribution < 1.29 is 4.74 Å². The topological polar surface area (TPSA) is 21.3 Å². The van der Waals surface area contributed by atoms with E-state index < -0.39 is 0 Å². The third kappa shape index (κ3) is 5.61. The van der Waals surface area contributed by atoms with Crippen molar-refractivity contribution in [3.8, 4) is 0 Å². The second-order valence-corrected chi connectivity index (χ2v) is 5.67. The van der Waals surface area contributed by atoms with Gasteiger partial charge < -0.3 is 10.1 Å². The summed E-state index contributed by atoms with van der Waals surface area (Å²) in [6.07, 6.45) is 2.90. The fourth-order valence-electron chi connectivity index (χ4n) is 1.94. The molecule has 4 heteroatoms. The van der Waals surface area contributed by atoms with E-state index in [2.05, 4.69) is 36.5 Å². The average Bonchev–Trinajstić information content (AvgIpc) is 2.84. The van der Waals surface area contributed by atoms with E-state index in [-0.39, 0.29) is 12.4 Å². The van der Waals surface area contributed by atoms with Crippen LogP contribution >= 0.6 is 24.2 Å². The zero-order chi connectivity index (χ0) is 11.9. The minimum absolute atomic E-state index is 0. The Bertz CT molecular complexity index is 325. The zero-order valence-corrected chi connectivity index (χ0v) is 12.5. The van der Waals surface area contributed by atoms with Gasteiger partial charge in [-0.3, -0.25) is 0 Å². The fraction of sp³-hybridized carbons (Fsp3) is 0.571. The van der Waals surface area contributed by atoms with Crippen LogP contribution in [0.4, 0.5) is 0 Å². The molecule has 0 radical (unpaired) electrons. The largest absolute Gasteiger partial charge is 0.377 e. The summed E-state index contributed by atoms with van der Waals surface area (Å²) in [7, 11) is 0. The Balaban J connectivity index is 0.00000162. The number of nitrogens with one attached hydrogen (secondary N) is 1. The summed E-state index contributed by atoms with van der Waals surface area (Å²) in [6, 6.07) is 8.73. The lowest BCUT2D eigenvalue weighted by molar-refractivity contribution is 0.110. The summed E-state index contributed by atoms with van der Waals surface area (Å²) in [4.78, 5) is 1.36. The van der Waals surface area contributed by atoms with Gasteiger partial charge in [-0.1, -0.05) is 17.7 Å². The van der Waals surface area contributed by atoms with Crippen LogP contribution in [0.1, 0.15) is 18.4 Å². The molecule has 2 nitrogen and oxygen atoms in total. The Labute approximate surface area is 120 Å². The van der Waals surface area contributed by atoms with Crippen molar-refractivity contribution in [2.24, 2.45) is 0 Å². The minimum Gasteiger partial charge on any atom is -0.377 e.